The van der Waals surface area contributed by atoms with Crippen molar-refractivity contribution in [3.63, 3.8) is 0 Å². The molecule has 18 heavy (non-hydrogen) atoms. The first-order valence-electron chi connectivity index (χ1n) is 5.84. The minimum absolute atomic E-state index is 0.0140. The van der Waals surface area contributed by atoms with E-state index in [1.807, 2.05) is 0 Å². The topological polar surface area (TPSA) is 34.1 Å². The van der Waals surface area contributed by atoms with E-state index in [-0.39, 0.29) is 5.88 Å². The Balaban J connectivity index is 1.82. The molecule has 1 aromatic rings. The predicted molar refractivity (Wildman–Crippen MR) is 61.6 cm³/mol. The van der Waals surface area contributed by atoms with Crippen molar-refractivity contribution in [3.05, 3.63) is 18.3 Å². The van der Waals surface area contributed by atoms with Crippen LogP contribution < -0.4 is 10.1 Å². The number of rotatable bonds is 4. The second kappa shape index (κ2) is 5.04. The Kier molecular flexibility index (Phi) is 3.63. The third kappa shape index (κ3) is 3.78. The summed E-state index contributed by atoms with van der Waals surface area (Å²) in [5.74, 6) is 0.727. The quantitative estimate of drug-likeness (QED) is 0.902. The Hall–Kier alpha value is -1.46. The summed E-state index contributed by atoms with van der Waals surface area (Å²) >= 11 is 0. The van der Waals surface area contributed by atoms with Gasteiger partial charge in [-0.15, -0.1) is 0 Å². The van der Waals surface area contributed by atoms with E-state index in [2.05, 4.69) is 22.0 Å². The molecule has 0 unspecified atom stereocenters. The number of hydrogen-bond donors (Lipinski definition) is 1. The van der Waals surface area contributed by atoms with E-state index in [1.54, 1.807) is 6.07 Å². The number of anilines is 1. The molecule has 3 nitrogen and oxygen atoms in total. The Labute approximate surface area is 103 Å². The Morgan fingerprint density at radius 2 is 2.11 bits per heavy atom. The summed E-state index contributed by atoms with van der Waals surface area (Å²) in [5, 5.41) is 3.27. The van der Waals surface area contributed by atoms with Gasteiger partial charge in [0.2, 0.25) is 5.88 Å². The number of ether oxygens (including phenoxy) is 1. The van der Waals surface area contributed by atoms with Crippen molar-refractivity contribution < 1.29 is 17.9 Å². The molecule has 0 spiro atoms. The maximum absolute atomic E-state index is 11.9. The molecule has 0 aromatic carbocycles. The van der Waals surface area contributed by atoms with Crippen molar-refractivity contribution in [2.24, 2.45) is 5.92 Å². The Bertz CT molecular complexity index is 385. The molecular formula is C12H15F3N2O. The minimum Gasteiger partial charge on any atom is -0.468 e. The minimum atomic E-state index is -4.33. The number of pyridine rings is 1. The molecule has 1 aliphatic rings. The lowest BCUT2D eigenvalue weighted by molar-refractivity contribution is -0.154. The van der Waals surface area contributed by atoms with Crippen LogP contribution in [0, 0.1) is 5.92 Å². The molecule has 1 aliphatic carbocycles. The SMILES string of the molecule is CC1CC(Nc2ccc(OCC(F)(F)F)nc2)C1. The Morgan fingerprint density at radius 1 is 1.39 bits per heavy atom. The summed E-state index contributed by atoms with van der Waals surface area (Å²) in [7, 11) is 0. The lowest BCUT2D eigenvalue weighted by Crippen LogP contribution is -2.33. The number of hydrogen-bond acceptors (Lipinski definition) is 3. The molecule has 1 fully saturated rings. The van der Waals surface area contributed by atoms with Gasteiger partial charge < -0.3 is 10.1 Å². The van der Waals surface area contributed by atoms with E-state index in [1.165, 1.54) is 12.3 Å². The van der Waals surface area contributed by atoms with Crippen molar-refractivity contribution in [1.82, 2.24) is 4.98 Å². The van der Waals surface area contributed by atoms with Gasteiger partial charge in [-0.25, -0.2) is 4.98 Å². The van der Waals surface area contributed by atoms with Gasteiger partial charge in [0.15, 0.2) is 6.61 Å². The zero-order chi connectivity index (χ0) is 13.2. The first-order valence-corrected chi connectivity index (χ1v) is 5.84. The largest absolute Gasteiger partial charge is 0.468 e. The molecule has 0 aliphatic heterocycles. The summed E-state index contributed by atoms with van der Waals surface area (Å²) in [6.45, 7) is 0.872. The molecule has 0 amide bonds. The van der Waals surface area contributed by atoms with Crippen LogP contribution in [-0.2, 0) is 0 Å². The van der Waals surface area contributed by atoms with Gasteiger partial charge in [0, 0.05) is 12.1 Å². The van der Waals surface area contributed by atoms with Gasteiger partial charge in [-0.2, -0.15) is 13.2 Å². The predicted octanol–water partition coefficient (Wildman–Crippen LogP) is 3.23. The van der Waals surface area contributed by atoms with Crippen LogP contribution in [0.15, 0.2) is 18.3 Å². The third-order valence-corrected chi connectivity index (χ3v) is 2.86. The second-order valence-corrected chi connectivity index (χ2v) is 4.71. The fourth-order valence-electron chi connectivity index (χ4n) is 1.96. The third-order valence-electron chi connectivity index (χ3n) is 2.86. The van der Waals surface area contributed by atoms with Crippen molar-refractivity contribution in [2.45, 2.75) is 32.0 Å². The van der Waals surface area contributed by atoms with E-state index in [4.69, 9.17) is 0 Å². The molecule has 0 saturated heterocycles. The maximum Gasteiger partial charge on any atom is 0.422 e. The molecule has 6 heteroatoms. The van der Waals surface area contributed by atoms with Crippen molar-refractivity contribution >= 4 is 5.69 Å². The van der Waals surface area contributed by atoms with Gasteiger partial charge in [0.05, 0.1) is 11.9 Å². The average Bonchev–Trinajstić information content (AvgIpc) is 2.25. The number of alkyl halides is 3. The van der Waals surface area contributed by atoms with Crippen molar-refractivity contribution in [2.75, 3.05) is 11.9 Å². The van der Waals surface area contributed by atoms with Crippen LogP contribution in [-0.4, -0.2) is 23.8 Å². The van der Waals surface area contributed by atoms with Crippen LogP contribution in [0.1, 0.15) is 19.8 Å². The molecule has 0 radical (unpaired) electrons. The fraction of sp³-hybridized carbons (Fsp3) is 0.583. The summed E-state index contributed by atoms with van der Waals surface area (Å²) in [6, 6.07) is 3.57. The van der Waals surface area contributed by atoms with Crippen molar-refractivity contribution in [1.29, 1.82) is 0 Å². The molecule has 1 heterocycles. The highest BCUT2D eigenvalue weighted by molar-refractivity contribution is 5.43. The normalized spacial score (nSPS) is 23.3. The van der Waals surface area contributed by atoms with Gasteiger partial charge in [0.1, 0.15) is 0 Å². The number of nitrogens with one attached hydrogen (secondary N) is 1. The van der Waals surface area contributed by atoms with Gasteiger partial charge in [0.25, 0.3) is 0 Å². The summed E-state index contributed by atoms with van der Waals surface area (Å²) in [5.41, 5.74) is 0.811. The van der Waals surface area contributed by atoms with Crippen LogP contribution in [0.4, 0.5) is 18.9 Å². The van der Waals surface area contributed by atoms with E-state index in [0.29, 0.717) is 6.04 Å². The molecular weight excluding hydrogens is 245 g/mol. The smallest absolute Gasteiger partial charge is 0.422 e. The summed E-state index contributed by atoms with van der Waals surface area (Å²) in [6.07, 6.45) is -0.603. The highest BCUT2D eigenvalue weighted by Gasteiger charge is 2.28. The summed E-state index contributed by atoms with van der Waals surface area (Å²) in [4.78, 5) is 3.83. The number of aromatic nitrogens is 1. The summed E-state index contributed by atoms with van der Waals surface area (Å²) < 4.78 is 40.3. The van der Waals surface area contributed by atoms with Crippen molar-refractivity contribution in [3.8, 4) is 5.88 Å². The molecule has 0 atom stereocenters. The van der Waals surface area contributed by atoms with E-state index < -0.39 is 12.8 Å². The van der Waals surface area contributed by atoms with Crippen LogP contribution >= 0.6 is 0 Å². The van der Waals surface area contributed by atoms with Gasteiger partial charge in [-0.1, -0.05) is 6.92 Å². The van der Waals surface area contributed by atoms with E-state index >= 15 is 0 Å². The monoisotopic (exact) mass is 260 g/mol. The molecule has 2 rings (SSSR count). The standard InChI is InChI=1S/C12H15F3N2O/c1-8-4-10(5-8)17-9-2-3-11(16-6-9)18-7-12(13,14)15/h2-3,6,8,10,17H,4-5,7H2,1H3. The molecule has 1 aromatic heterocycles. The number of halogens is 3. The fourth-order valence-corrected chi connectivity index (χ4v) is 1.96. The van der Waals surface area contributed by atoms with E-state index in [0.717, 1.165) is 24.4 Å². The van der Waals surface area contributed by atoms with Gasteiger partial charge >= 0.3 is 6.18 Å². The first-order chi connectivity index (χ1) is 8.42. The molecule has 0 bridgehead atoms. The average molecular weight is 260 g/mol. The van der Waals surface area contributed by atoms with Crippen LogP contribution in [0.3, 0.4) is 0 Å². The molecule has 1 saturated carbocycles. The zero-order valence-electron chi connectivity index (χ0n) is 10.00. The van der Waals surface area contributed by atoms with Gasteiger partial charge in [-0.05, 0) is 24.8 Å². The van der Waals surface area contributed by atoms with Gasteiger partial charge in [-0.3, -0.25) is 0 Å². The van der Waals surface area contributed by atoms with Crippen LogP contribution in [0.25, 0.3) is 0 Å². The molecule has 100 valence electrons. The molecule has 1 N–H and O–H groups in total. The highest BCUT2D eigenvalue weighted by atomic mass is 19.4. The lowest BCUT2D eigenvalue weighted by atomic mass is 9.82. The van der Waals surface area contributed by atoms with E-state index in [9.17, 15) is 13.2 Å². The maximum atomic E-state index is 11.9. The number of nitrogens with zero attached hydrogens (tertiary/aromatic N) is 1. The highest BCUT2D eigenvalue weighted by Crippen LogP contribution is 2.29. The van der Waals surface area contributed by atoms with Crippen LogP contribution in [0.5, 0.6) is 5.88 Å². The Morgan fingerprint density at radius 3 is 2.61 bits per heavy atom. The lowest BCUT2D eigenvalue weighted by Gasteiger charge is -2.33. The first kappa shape index (κ1) is 13.0. The van der Waals surface area contributed by atoms with Crippen LogP contribution in [0.2, 0.25) is 0 Å². The second-order valence-electron chi connectivity index (χ2n) is 4.71. The zero-order valence-corrected chi connectivity index (χ0v) is 10.00.